The minimum Gasteiger partial charge on any atom is -0.486 e. The number of nitrogen functional groups attached to an aromatic ring is 1. The monoisotopic (exact) mass is 329 g/mol. The van der Waals surface area contributed by atoms with E-state index in [2.05, 4.69) is 15.9 Å². The van der Waals surface area contributed by atoms with E-state index >= 15 is 0 Å². The molecule has 0 bridgehead atoms. The summed E-state index contributed by atoms with van der Waals surface area (Å²) in [6, 6.07) is 9.73. The molecule has 2 aromatic rings. The summed E-state index contributed by atoms with van der Waals surface area (Å²) in [6.07, 6.45) is 0. The van der Waals surface area contributed by atoms with Crippen molar-refractivity contribution >= 4 is 33.2 Å². The van der Waals surface area contributed by atoms with Gasteiger partial charge in [-0.3, -0.25) is 0 Å². The molecule has 0 aliphatic carbocycles. The van der Waals surface area contributed by atoms with Crippen LogP contribution in [0, 0.1) is 5.82 Å². The molecule has 0 radical (unpaired) electrons. The molecule has 0 atom stereocenters. The third kappa shape index (κ3) is 3.15. The highest BCUT2D eigenvalue weighted by molar-refractivity contribution is 9.10. The number of hydrogen-bond donors (Lipinski definition) is 1. The third-order valence-electron chi connectivity index (χ3n) is 2.39. The Kier molecular flexibility index (Phi) is 4.09. The maximum absolute atomic E-state index is 13.5. The first-order chi connectivity index (χ1) is 8.56. The van der Waals surface area contributed by atoms with E-state index < -0.39 is 5.82 Å². The Bertz CT molecular complexity index is 525. The van der Waals surface area contributed by atoms with Crippen LogP contribution in [0.2, 0.25) is 5.02 Å². The molecule has 2 aromatic carbocycles. The number of benzene rings is 2. The molecular weight excluding hydrogens is 321 g/mol. The summed E-state index contributed by atoms with van der Waals surface area (Å²) in [6.45, 7) is 0.206. The van der Waals surface area contributed by atoms with E-state index in [0.717, 1.165) is 10.0 Å². The van der Waals surface area contributed by atoms with Gasteiger partial charge in [-0.15, -0.1) is 0 Å². The van der Waals surface area contributed by atoms with Gasteiger partial charge in [0, 0.05) is 20.7 Å². The summed E-state index contributed by atoms with van der Waals surface area (Å²) in [5.74, 6) is -0.333. The second-order valence-corrected chi connectivity index (χ2v) is 5.06. The summed E-state index contributed by atoms with van der Waals surface area (Å²) in [7, 11) is 0. The van der Waals surface area contributed by atoms with E-state index in [9.17, 15) is 4.39 Å². The topological polar surface area (TPSA) is 35.2 Å². The molecule has 0 aliphatic rings. The lowest BCUT2D eigenvalue weighted by atomic mass is 10.2. The van der Waals surface area contributed by atoms with E-state index in [1.54, 1.807) is 12.1 Å². The van der Waals surface area contributed by atoms with Crippen molar-refractivity contribution in [1.29, 1.82) is 0 Å². The van der Waals surface area contributed by atoms with Crippen molar-refractivity contribution in [3.63, 3.8) is 0 Å². The van der Waals surface area contributed by atoms with Crippen molar-refractivity contribution in [2.24, 2.45) is 0 Å². The summed E-state index contributed by atoms with van der Waals surface area (Å²) in [4.78, 5) is 0. The van der Waals surface area contributed by atoms with Gasteiger partial charge in [-0.1, -0.05) is 33.6 Å². The molecular formula is C13H10BrClFNO. The Morgan fingerprint density at radius 3 is 2.67 bits per heavy atom. The largest absolute Gasteiger partial charge is 0.486 e. The molecule has 0 amide bonds. The van der Waals surface area contributed by atoms with Crippen LogP contribution >= 0.6 is 27.5 Å². The minimum absolute atomic E-state index is 0.154. The Morgan fingerprint density at radius 2 is 2.00 bits per heavy atom. The number of rotatable bonds is 3. The van der Waals surface area contributed by atoms with Crippen molar-refractivity contribution in [1.82, 2.24) is 0 Å². The lowest BCUT2D eigenvalue weighted by Gasteiger charge is -2.09. The van der Waals surface area contributed by atoms with E-state index in [-0.39, 0.29) is 12.4 Å². The highest BCUT2D eigenvalue weighted by Crippen LogP contribution is 2.24. The molecule has 0 aliphatic heterocycles. The number of nitrogens with two attached hydrogens (primary N) is 1. The molecule has 0 saturated heterocycles. The van der Waals surface area contributed by atoms with E-state index in [1.807, 2.05) is 12.1 Å². The Morgan fingerprint density at radius 1 is 1.22 bits per heavy atom. The summed E-state index contributed by atoms with van der Waals surface area (Å²) in [5, 5.41) is 0.336. The van der Waals surface area contributed by atoms with Gasteiger partial charge in [-0.05, 0) is 30.3 Å². The molecule has 0 fully saturated rings. The standard InChI is InChI=1S/C13H10BrClFNO/c14-9-2-1-8(12(17)5-9)7-18-13-4-3-10(15)6-11(13)16/h1-6H,7,17H2. The maximum Gasteiger partial charge on any atom is 0.166 e. The fraction of sp³-hybridized carbons (Fsp3) is 0.0769. The van der Waals surface area contributed by atoms with Gasteiger partial charge in [0.15, 0.2) is 11.6 Å². The van der Waals surface area contributed by atoms with E-state index in [0.29, 0.717) is 10.7 Å². The average molecular weight is 331 g/mol. The van der Waals surface area contributed by atoms with Crippen LogP contribution in [0.1, 0.15) is 5.56 Å². The second kappa shape index (κ2) is 5.59. The molecule has 2 rings (SSSR count). The lowest BCUT2D eigenvalue weighted by molar-refractivity contribution is 0.291. The highest BCUT2D eigenvalue weighted by atomic mass is 79.9. The van der Waals surface area contributed by atoms with Crippen LogP contribution in [-0.4, -0.2) is 0 Å². The van der Waals surface area contributed by atoms with Crippen molar-refractivity contribution in [3.05, 3.63) is 57.3 Å². The molecule has 94 valence electrons. The van der Waals surface area contributed by atoms with Crippen LogP contribution in [0.4, 0.5) is 10.1 Å². The number of ether oxygens (including phenoxy) is 1. The Labute approximate surface area is 118 Å². The molecule has 2 nitrogen and oxygen atoms in total. The molecule has 0 heterocycles. The second-order valence-electron chi connectivity index (χ2n) is 3.71. The normalized spacial score (nSPS) is 10.4. The molecule has 0 unspecified atom stereocenters. The molecule has 0 spiro atoms. The van der Waals surface area contributed by atoms with E-state index in [1.165, 1.54) is 12.1 Å². The molecule has 5 heteroatoms. The summed E-state index contributed by atoms with van der Waals surface area (Å²) < 4.78 is 19.7. The highest BCUT2D eigenvalue weighted by Gasteiger charge is 2.06. The van der Waals surface area contributed by atoms with Gasteiger partial charge in [0.1, 0.15) is 6.61 Å². The van der Waals surface area contributed by atoms with Crippen LogP contribution in [-0.2, 0) is 6.61 Å². The van der Waals surface area contributed by atoms with Crippen LogP contribution < -0.4 is 10.5 Å². The first-order valence-corrected chi connectivity index (χ1v) is 6.35. The quantitative estimate of drug-likeness (QED) is 0.846. The Hall–Kier alpha value is -1.26. The van der Waals surface area contributed by atoms with Crippen LogP contribution in [0.5, 0.6) is 5.75 Å². The number of halogens is 3. The SMILES string of the molecule is Nc1cc(Br)ccc1COc1ccc(Cl)cc1F. The van der Waals surface area contributed by atoms with Crippen molar-refractivity contribution < 1.29 is 9.13 Å². The van der Waals surface area contributed by atoms with Crippen molar-refractivity contribution in [3.8, 4) is 5.75 Å². The van der Waals surface area contributed by atoms with Gasteiger partial charge in [0.2, 0.25) is 0 Å². The van der Waals surface area contributed by atoms with Crippen molar-refractivity contribution in [2.75, 3.05) is 5.73 Å². The molecule has 2 N–H and O–H groups in total. The van der Waals surface area contributed by atoms with Gasteiger partial charge in [-0.25, -0.2) is 4.39 Å². The zero-order valence-corrected chi connectivity index (χ0v) is 11.6. The first-order valence-electron chi connectivity index (χ1n) is 5.18. The zero-order chi connectivity index (χ0) is 13.1. The predicted molar refractivity (Wildman–Crippen MR) is 74.3 cm³/mol. The van der Waals surface area contributed by atoms with Gasteiger partial charge in [0.25, 0.3) is 0 Å². The summed E-state index contributed by atoms with van der Waals surface area (Å²) >= 11 is 8.97. The smallest absolute Gasteiger partial charge is 0.166 e. The summed E-state index contributed by atoms with van der Waals surface area (Å²) in [5.41, 5.74) is 7.22. The maximum atomic E-state index is 13.5. The van der Waals surface area contributed by atoms with Gasteiger partial charge < -0.3 is 10.5 Å². The van der Waals surface area contributed by atoms with Gasteiger partial charge in [-0.2, -0.15) is 0 Å². The first kappa shape index (κ1) is 13.2. The average Bonchev–Trinajstić information content (AvgIpc) is 2.30. The molecule has 0 aromatic heterocycles. The zero-order valence-electron chi connectivity index (χ0n) is 9.29. The number of hydrogen-bond acceptors (Lipinski definition) is 2. The molecule has 18 heavy (non-hydrogen) atoms. The predicted octanol–water partition coefficient (Wildman–Crippen LogP) is 4.40. The Balaban J connectivity index is 2.11. The van der Waals surface area contributed by atoms with Crippen LogP contribution in [0.25, 0.3) is 0 Å². The van der Waals surface area contributed by atoms with Gasteiger partial charge >= 0.3 is 0 Å². The fourth-order valence-electron chi connectivity index (χ4n) is 1.45. The third-order valence-corrected chi connectivity index (χ3v) is 3.11. The van der Waals surface area contributed by atoms with Crippen molar-refractivity contribution in [2.45, 2.75) is 6.61 Å². The van der Waals surface area contributed by atoms with Gasteiger partial charge in [0.05, 0.1) is 0 Å². The fourth-order valence-corrected chi connectivity index (χ4v) is 1.98. The lowest BCUT2D eigenvalue weighted by Crippen LogP contribution is -2.01. The minimum atomic E-state index is -0.488. The molecule has 0 saturated carbocycles. The van der Waals surface area contributed by atoms with E-state index in [4.69, 9.17) is 22.1 Å². The number of anilines is 1. The van der Waals surface area contributed by atoms with Crippen LogP contribution in [0.3, 0.4) is 0 Å². The van der Waals surface area contributed by atoms with Crippen LogP contribution in [0.15, 0.2) is 40.9 Å².